The molecule has 1 aliphatic heterocycles. The molecule has 0 bridgehead atoms. The van der Waals surface area contributed by atoms with Gasteiger partial charge in [-0.3, -0.25) is 14.5 Å². The van der Waals surface area contributed by atoms with Gasteiger partial charge < -0.3 is 10.6 Å². The molecule has 3 rings (SSSR count). The zero-order valence-corrected chi connectivity index (χ0v) is 15.5. The molecule has 1 fully saturated rings. The molecule has 1 aliphatic carbocycles. The van der Waals surface area contributed by atoms with Crippen molar-refractivity contribution in [2.24, 2.45) is 0 Å². The van der Waals surface area contributed by atoms with Gasteiger partial charge in [0.1, 0.15) is 12.1 Å². The van der Waals surface area contributed by atoms with Crippen molar-refractivity contribution in [2.75, 3.05) is 6.54 Å². The number of imide groups is 1. The molecule has 2 atom stereocenters. The summed E-state index contributed by atoms with van der Waals surface area (Å²) >= 11 is 0. The third kappa shape index (κ3) is 3.32. The second kappa shape index (κ2) is 7.48. The van der Waals surface area contributed by atoms with Gasteiger partial charge in [0, 0.05) is 6.04 Å². The molecule has 0 saturated carbocycles. The average Bonchev–Trinajstić information content (AvgIpc) is 3.09. The Morgan fingerprint density at radius 3 is 2.85 bits per heavy atom. The summed E-state index contributed by atoms with van der Waals surface area (Å²) in [6, 6.07) is 7.23. The van der Waals surface area contributed by atoms with Crippen LogP contribution in [0.2, 0.25) is 0 Å². The molecule has 2 aliphatic rings. The molecule has 1 spiro atoms. The van der Waals surface area contributed by atoms with E-state index in [0.29, 0.717) is 6.42 Å². The maximum atomic E-state index is 13.0. The van der Waals surface area contributed by atoms with Crippen LogP contribution in [0.4, 0.5) is 4.79 Å². The van der Waals surface area contributed by atoms with E-state index in [1.54, 1.807) is 0 Å². The first-order chi connectivity index (χ1) is 12.5. The van der Waals surface area contributed by atoms with Gasteiger partial charge in [0.25, 0.3) is 5.91 Å². The number of rotatable bonds is 7. The van der Waals surface area contributed by atoms with Crippen molar-refractivity contribution >= 4 is 17.8 Å². The zero-order valence-electron chi connectivity index (χ0n) is 15.5. The highest BCUT2D eigenvalue weighted by Gasteiger charge is 2.55. The highest BCUT2D eigenvalue weighted by Crippen LogP contribution is 2.41. The molecule has 1 aromatic rings. The second-order valence-corrected chi connectivity index (χ2v) is 7.35. The summed E-state index contributed by atoms with van der Waals surface area (Å²) in [6.45, 7) is 3.86. The van der Waals surface area contributed by atoms with Crippen LogP contribution in [-0.4, -0.2) is 35.3 Å². The standard InChI is InChI=1S/C20H27N3O3/c1-3-4-5-8-14(2)21-17(24)13-23-18(25)20(22-19(23)26)12-11-15-9-6-7-10-16(15)20/h6-7,9-10,14H,3-5,8,11-13H2,1-2H3,(H,21,24)(H,22,26)/t14-,20-/m1/s1. The number of nitrogens with zero attached hydrogens (tertiary/aromatic N) is 1. The van der Waals surface area contributed by atoms with Crippen LogP contribution in [0.15, 0.2) is 24.3 Å². The second-order valence-electron chi connectivity index (χ2n) is 7.35. The monoisotopic (exact) mass is 357 g/mol. The van der Waals surface area contributed by atoms with Gasteiger partial charge in [0.05, 0.1) is 0 Å². The first kappa shape index (κ1) is 18.4. The van der Waals surface area contributed by atoms with Crippen molar-refractivity contribution in [3.05, 3.63) is 35.4 Å². The normalized spacial score (nSPS) is 22.5. The predicted octanol–water partition coefficient (Wildman–Crippen LogP) is 2.46. The van der Waals surface area contributed by atoms with E-state index in [9.17, 15) is 14.4 Å². The quantitative estimate of drug-likeness (QED) is 0.581. The number of nitrogens with one attached hydrogen (secondary N) is 2. The van der Waals surface area contributed by atoms with Crippen molar-refractivity contribution in [2.45, 2.75) is 64.0 Å². The first-order valence-corrected chi connectivity index (χ1v) is 9.50. The Morgan fingerprint density at radius 2 is 2.08 bits per heavy atom. The minimum atomic E-state index is -0.999. The number of carbonyl (C=O) groups is 3. The molecule has 6 heteroatoms. The molecule has 6 nitrogen and oxygen atoms in total. The minimum absolute atomic E-state index is 0.0379. The van der Waals surface area contributed by atoms with E-state index < -0.39 is 11.6 Å². The summed E-state index contributed by atoms with van der Waals surface area (Å²) < 4.78 is 0. The highest BCUT2D eigenvalue weighted by atomic mass is 16.2. The van der Waals surface area contributed by atoms with Gasteiger partial charge in [-0.15, -0.1) is 0 Å². The Labute approximate surface area is 154 Å². The van der Waals surface area contributed by atoms with Gasteiger partial charge in [-0.1, -0.05) is 50.5 Å². The van der Waals surface area contributed by atoms with Crippen LogP contribution in [0, 0.1) is 0 Å². The Balaban J connectivity index is 1.64. The number of benzene rings is 1. The molecule has 0 radical (unpaired) electrons. The van der Waals surface area contributed by atoms with Gasteiger partial charge in [-0.2, -0.15) is 0 Å². The van der Waals surface area contributed by atoms with Gasteiger partial charge in [0.2, 0.25) is 5.91 Å². The molecule has 0 unspecified atom stereocenters. The average molecular weight is 357 g/mol. The van der Waals surface area contributed by atoms with Crippen LogP contribution < -0.4 is 10.6 Å². The number of carbonyl (C=O) groups excluding carboxylic acids is 3. The van der Waals surface area contributed by atoms with Crippen LogP contribution in [0.25, 0.3) is 0 Å². The van der Waals surface area contributed by atoms with Crippen LogP contribution in [0.3, 0.4) is 0 Å². The molecule has 4 amide bonds. The Morgan fingerprint density at radius 1 is 1.31 bits per heavy atom. The summed E-state index contributed by atoms with van der Waals surface area (Å²) in [5.41, 5.74) is 0.937. The van der Waals surface area contributed by atoms with E-state index in [-0.39, 0.29) is 24.4 Å². The number of fused-ring (bicyclic) bond motifs is 2. The maximum absolute atomic E-state index is 13.0. The zero-order chi connectivity index (χ0) is 18.7. The molecule has 1 aromatic carbocycles. The van der Waals surface area contributed by atoms with Gasteiger partial charge in [-0.25, -0.2) is 4.79 Å². The number of hydrogen-bond acceptors (Lipinski definition) is 3. The van der Waals surface area contributed by atoms with Crippen molar-refractivity contribution < 1.29 is 14.4 Å². The fraction of sp³-hybridized carbons (Fsp3) is 0.550. The van der Waals surface area contributed by atoms with Crippen molar-refractivity contribution in [1.29, 1.82) is 0 Å². The molecular weight excluding hydrogens is 330 g/mol. The van der Waals surface area contributed by atoms with Crippen LogP contribution in [-0.2, 0) is 21.5 Å². The van der Waals surface area contributed by atoms with Crippen LogP contribution in [0.1, 0.15) is 57.1 Å². The van der Waals surface area contributed by atoms with Gasteiger partial charge >= 0.3 is 6.03 Å². The van der Waals surface area contributed by atoms with Crippen molar-refractivity contribution in [3.63, 3.8) is 0 Å². The third-order valence-electron chi connectivity index (χ3n) is 5.37. The van der Waals surface area contributed by atoms with Gasteiger partial charge in [0.15, 0.2) is 0 Å². The molecule has 1 saturated heterocycles. The first-order valence-electron chi connectivity index (χ1n) is 9.50. The summed E-state index contributed by atoms with van der Waals surface area (Å²) in [4.78, 5) is 38.7. The fourth-order valence-electron chi connectivity index (χ4n) is 3.97. The highest BCUT2D eigenvalue weighted by molar-refractivity contribution is 6.09. The van der Waals surface area contributed by atoms with Crippen LogP contribution in [0.5, 0.6) is 0 Å². The van der Waals surface area contributed by atoms with E-state index in [0.717, 1.165) is 48.1 Å². The number of unbranched alkanes of at least 4 members (excludes halogenated alkanes) is 2. The number of aryl methyl sites for hydroxylation is 1. The number of hydrogen-bond donors (Lipinski definition) is 2. The third-order valence-corrected chi connectivity index (χ3v) is 5.37. The lowest BCUT2D eigenvalue weighted by atomic mass is 9.92. The molecule has 1 heterocycles. The van der Waals surface area contributed by atoms with Gasteiger partial charge in [-0.05, 0) is 37.3 Å². The Kier molecular flexibility index (Phi) is 5.30. The van der Waals surface area contributed by atoms with Crippen molar-refractivity contribution in [1.82, 2.24) is 15.5 Å². The van der Waals surface area contributed by atoms with E-state index in [2.05, 4.69) is 17.6 Å². The summed E-state index contributed by atoms with van der Waals surface area (Å²) in [5, 5.41) is 5.74. The molecular formula is C20H27N3O3. The smallest absolute Gasteiger partial charge is 0.325 e. The Hall–Kier alpha value is -2.37. The van der Waals surface area contributed by atoms with E-state index in [1.807, 2.05) is 31.2 Å². The van der Waals surface area contributed by atoms with E-state index in [1.165, 1.54) is 0 Å². The van der Waals surface area contributed by atoms with Crippen molar-refractivity contribution in [3.8, 4) is 0 Å². The summed E-state index contributed by atoms with van der Waals surface area (Å²) in [7, 11) is 0. The van der Waals surface area contributed by atoms with Crippen LogP contribution >= 0.6 is 0 Å². The lowest BCUT2D eigenvalue weighted by molar-refractivity contribution is -0.135. The topological polar surface area (TPSA) is 78.5 Å². The lowest BCUT2D eigenvalue weighted by Gasteiger charge is -2.22. The molecule has 2 N–H and O–H groups in total. The number of amides is 4. The molecule has 0 aromatic heterocycles. The largest absolute Gasteiger partial charge is 0.352 e. The summed E-state index contributed by atoms with van der Waals surface area (Å²) in [6.07, 6.45) is 5.51. The SMILES string of the molecule is CCCCC[C@@H](C)NC(=O)CN1C(=O)N[C@@]2(CCc3ccccc32)C1=O. The minimum Gasteiger partial charge on any atom is -0.352 e. The molecule has 26 heavy (non-hydrogen) atoms. The fourth-order valence-corrected chi connectivity index (χ4v) is 3.97. The summed E-state index contributed by atoms with van der Waals surface area (Å²) in [5.74, 6) is -0.609. The molecule has 140 valence electrons. The van der Waals surface area contributed by atoms with E-state index >= 15 is 0 Å². The predicted molar refractivity (Wildman–Crippen MR) is 98.4 cm³/mol. The maximum Gasteiger partial charge on any atom is 0.325 e. The lowest BCUT2D eigenvalue weighted by Crippen LogP contribution is -2.45. The Bertz CT molecular complexity index is 718. The number of urea groups is 1. The van der Waals surface area contributed by atoms with E-state index in [4.69, 9.17) is 0 Å².